The van der Waals surface area contributed by atoms with E-state index in [1.54, 1.807) is 7.05 Å². The maximum Gasteiger partial charge on any atom is 0.215 e. The molecule has 1 unspecified atom stereocenters. The van der Waals surface area contributed by atoms with Crippen LogP contribution in [0, 0.1) is 13.8 Å². The Morgan fingerprint density at radius 3 is 2.59 bits per heavy atom. The average molecular weight is 538 g/mol. The Morgan fingerprint density at radius 1 is 1.31 bits per heavy atom. The Hall–Kier alpha value is -0.910. The number of rotatable bonds is 7. The second kappa shape index (κ2) is 12.1. The van der Waals surface area contributed by atoms with Crippen LogP contribution in [-0.4, -0.2) is 75.7 Å². The first-order valence-corrected chi connectivity index (χ1v) is 11.6. The highest BCUT2D eigenvalue weighted by Crippen LogP contribution is 2.25. The zero-order chi connectivity index (χ0) is 20.7. The molecule has 7 nitrogen and oxygen atoms in total. The van der Waals surface area contributed by atoms with Gasteiger partial charge in [-0.2, -0.15) is 0 Å². The molecule has 1 aromatic carbocycles. The molecule has 1 fully saturated rings. The second-order valence-corrected chi connectivity index (χ2v) is 9.13. The van der Waals surface area contributed by atoms with Crippen molar-refractivity contribution in [2.24, 2.45) is 4.99 Å². The Morgan fingerprint density at radius 2 is 2.00 bits per heavy atom. The minimum Gasteiger partial charge on any atom is -0.370 e. The number of nitrogens with zero attached hydrogens (tertiary/aromatic N) is 3. The highest BCUT2D eigenvalue weighted by molar-refractivity contribution is 14.0. The van der Waals surface area contributed by atoms with E-state index in [9.17, 15) is 8.42 Å². The molecule has 29 heavy (non-hydrogen) atoms. The number of sulfonamides is 1. The first-order valence-electron chi connectivity index (χ1n) is 9.94. The van der Waals surface area contributed by atoms with E-state index in [4.69, 9.17) is 4.74 Å². The summed E-state index contributed by atoms with van der Waals surface area (Å²) in [7, 11) is -1.52. The number of guanidine groups is 1. The first kappa shape index (κ1) is 26.1. The van der Waals surface area contributed by atoms with Crippen LogP contribution in [0.15, 0.2) is 23.2 Å². The smallest absolute Gasteiger partial charge is 0.215 e. The van der Waals surface area contributed by atoms with E-state index in [-0.39, 0.29) is 35.8 Å². The topological polar surface area (TPSA) is 74.2 Å². The van der Waals surface area contributed by atoms with E-state index in [0.29, 0.717) is 38.7 Å². The highest BCUT2D eigenvalue weighted by Gasteiger charge is 2.26. The molecule has 0 aliphatic carbocycles. The molecule has 0 saturated carbocycles. The van der Waals surface area contributed by atoms with Crippen molar-refractivity contribution in [3.05, 3.63) is 34.9 Å². The molecule has 1 aromatic rings. The first-order chi connectivity index (χ1) is 13.3. The number of hydrogen-bond acceptors (Lipinski definition) is 4. The predicted octanol–water partition coefficient (Wildman–Crippen LogP) is 2.54. The molecule has 0 spiro atoms. The third-order valence-electron chi connectivity index (χ3n) is 5.09. The zero-order valence-corrected chi connectivity index (χ0v) is 21.3. The van der Waals surface area contributed by atoms with Gasteiger partial charge in [-0.05, 0) is 25.0 Å². The summed E-state index contributed by atoms with van der Waals surface area (Å²) in [5, 5.41) is 3.21. The molecule has 0 amide bonds. The van der Waals surface area contributed by atoms with E-state index >= 15 is 0 Å². The number of halogens is 1. The Bertz CT molecular complexity index is 782. The number of morpholine rings is 1. The summed E-state index contributed by atoms with van der Waals surface area (Å²) < 4.78 is 32.2. The van der Waals surface area contributed by atoms with E-state index in [0.717, 1.165) is 6.54 Å². The van der Waals surface area contributed by atoms with Gasteiger partial charge in [-0.3, -0.25) is 4.99 Å². The van der Waals surface area contributed by atoms with Crippen LogP contribution >= 0.6 is 24.0 Å². The van der Waals surface area contributed by atoms with E-state index in [1.165, 1.54) is 21.0 Å². The molecule has 0 aromatic heterocycles. The van der Waals surface area contributed by atoms with Gasteiger partial charge in [-0.15, -0.1) is 24.0 Å². The van der Waals surface area contributed by atoms with Gasteiger partial charge in [0.05, 0.1) is 18.9 Å². The van der Waals surface area contributed by atoms with E-state index in [2.05, 4.69) is 47.3 Å². The van der Waals surface area contributed by atoms with Gasteiger partial charge in [-0.1, -0.05) is 37.6 Å². The summed E-state index contributed by atoms with van der Waals surface area (Å²) in [6.45, 7) is 11.2. The van der Waals surface area contributed by atoms with Crippen LogP contribution in [0.5, 0.6) is 0 Å². The lowest BCUT2D eigenvalue weighted by atomic mass is 10.00. The third-order valence-corrected chi connectivity index (χ3v) is 7.12. The monoisotopic (exact) mass is 538 g/mol. The molecule has 1 heterocycles. The molecular formula is C20H35IN4O3S. The van der Waals surface area contributed by atoms with Gasteiger partial charge in [0, 0.05) is 33.2 Å². The Balaban J connectivity index is 0.00000420. The van der Waals surface area contributed by atoms with Gasteiger partial charge in [0.2, 0.25) is 10.0 Å². The van der Waals surface area contributed by atoms with Crippen molar-refractivity contribution in [1.82, 2.24) is 14.5 Å². The minimum absolute atomic E-state index is 0. The van der Waals surface area contributed by atoms with Crippen LogP contribution in [0.2, 0.25) is 0 Å². The van der Waals surface area contributed by atoms with Crippen molar-refractivity contribution in [1.29, 1.82) is 0 Å². The molecular weight excluding hydrogens is 503 g/mol. The molecule has 0 bridgehead atoms. The number of aryl methyl sites for hydroxylation is 2. The maximum absolute atomic E-state index is 12.4. The van der Waals surface area contributed by atoms with Gasteiger partial charge in [0.1, 0.15) is 6.10 Å². The fourth-order valence-corrected chi connectivity index (χ4v) is 4.99. The molecule has 166 valence electrons. The van der Waals surface area contributed by atoms with Crippen LogP contribution in [0.1, 0.15) is 36.6 Å². The number of nitrogens with one attached hydrogen (secondary N) is 1. The second-order valence-electron chi connectivity index (χ2n) is 7.04. The van der Waals surface area contributed by atoms with Crippen LogP contribution in [0.3, 0.4) is 0 Å². The summed E-state index contributed by atoms with van der Waals surface area (Å²) >= 11 is 0. The van der Waals surface area contributed by atoms with Crippen molar-refractivity contribution >= 4 is 40.0 Å². The van der Waals surface area contributed by atoms with Crippen molar-refractivity contribution in [2.45, 2.75) is 33.8 Å². The summed E-state index contributed by atoms with van der Waals surface area (Å²) in [6.07, 6.45) is -0.0210. The average Bonchev–Trinajstić information content (AvgIpc) is 2.66. The molecule has 1 saturated heterocycles. The predicted molar refractivity (Wildman–Crippen MR) is 130 cm³/mol. The SMILES string of the molecule is CCN(CC)S(=O)(=O)CCNC(=NC)N1CCOC(c2ccc(C)cc2C)C1.I. The molecule has 0 radical (unpaired) electrons. The van der Waals surface area contributed by atoms with Gasteiger partial charge < -0.3 is 15.0 Å². The lowest BCUT2D eigenvalue weighted by molar-refractivity contribution is -0.00828. The molecule has 9 heteroatoms. The summed E-state index contributed by atoms with van der Waals surface area (Å²) in [5.41, 5.74) is 3.65. The quantitative estimate of drug-likeness (QED) is 0.328. The third kappa shape index (κ3) is 7.08. The van der Waals surface area contributed by atoms with Gasteiger partial charge in [-0.25, -0.2) is 12.7 Å². The summed E-state index contributed by atoms with van der Waals surface area (Å²) in [5.74, 6) is 0.770. The Kier molecular flexibility index (Phi) is 10.9. The number of hydrogen-bond donors (Lipinski definition) is 1. The number of ether oxygens (including phenoxy) is 1. The van der Waals surface area contributed by atoms with Gasteiger partial charge in [0.15, 0.2) is 5.96 Å². The van der Waals surface area contributed by atoms with Crippen LogP contribution in [0.25, 0.3) is 0 Å². The molecule has 2 rings (SSSR count). The maximum atomic E-state index is 12.4. The lowest BCUT2D eigenvalue weighted by Gasteiger charge is -2.36. The minimum atomic E-state index is -3.25. The fraction of sp³-hybridized carbons (Fsp3) is 0.650. The molecule has 1 aliphatic heterocycles. The lowest BCUT2D eigenvalue weighted by Crippen LogP contribution is -2.49. The van der Waals surface area contributed by atoms with Crippen LogP contribution in [0.4, 0.5) is 0 Å². The van der Waals surface area contributed by atoms with Gasteiger partial charge in [0.25, 0.3) is 0 Å². The number of aliphatic imine (C=N–C) groups is 1. The van der Waals surface area contributed by atoms with E-state index < -0.39 is 10.0 Å². The van der Waals surface area contributed by atoms with Crippen LogP contribution < -0.4 is 5.32 Å². The van der Waals surface area contributed by atoms with E-state index in [1.807, 2.05) is 13.8 Å². The molecule has 1 aliphatic rings. The normalized spacial score (nSPS) is 17.9. The fourth-order valence-electron chi connectivity index (χ4n) is 3.59. The van der Waals surface area contributed by atoms with Crippen molar-refractivity contribution < 1.29 is 13.2 Å². The number of benzene rings is 1. The zero-order valence-electron chi connectivity index (χ0n) is 18.1. The standard InChI is InChI=1S/C20H34N4O3S.HI/c1-6-24(7-2)28(25,26)13-10-22-20(21-5)23-11-12-27-19(15-23)18-9-8-16(3)14-17(18)4;/h8-9,14,19H,6-7,10-13,15H2,1-5H3,(H,21,22);1H. The summed E-state index contributed by atoms with van der Waals surface area (Å²) in [4.78, 5) is 6.49. The Labute approximate surface area is 193 Å². The largest absolute Gasteiger partial charge is 0.370 e. The molecule has 1 N–H and O–H groups in total. The van der Waals surface area contributed by atoms with Crippen molar-refractivity contribution in [3.8, 4) is 0 Å². The molecule has 1 atom stereocenters. The highest BCUT2D eigenvalue weighted by atomic mass is 127. The van der Waals surface area contributed by atoms with Crippen molar-refractivity contribution in [3.63, 3.8) is 0 Å². The van der Waals surface area contributed by atoms with Gasteiger partial charge >= 0.3 is 0 Å². The summed E-state index contributed by atoms with van der Waals surface area (Å²) in [6, 6.07) is 6.41. The van der Waals surface area contributed by atoms with Crippen molar-refractivity contribution in [2.75, 3.05) is 52.1 Å². The van der Waals surface area contributed by atoms with Crippen LogP contribution in [-0.2, 0) is 14.8 Å².